The summed E-state index contributed by atoms with van der Waals surface area (Å²) in [5, 5.41) is 24.5. The number of thiophene rings is 1. The van der Waals surface area contributed by atoms with Crippen LogP contribution in [0.4, 0.5) is 0 Å². The summed E-state index contributed by atoms with van der Waals surface area (Å²) < 4.78 is 5.04. The Morgan fingerprint density at radius 1 is 1.33 bits per heavy atom. The van der Waals surface area contributed by atoms with Crippen molar-refractivity contribution in [2.24, 2.45) is 5.16 Å². The summed E-state index contributed by atoms with van der Waals surface area (Å²) in [6.45, 7) is 1.92. The Morgan fingerprint density at radius 3 is 2.67 bits per heavy atom. The molecule has 2 aromatic rings. The minimum atomic E-state index is -0.0272. The first-order chi connectivity index (χ1) is 8.69. The van der Waals surface area contributed by atoms with Crippen molar-refractivity contribution < 1.29 is 15.1 Å². The molecule has 5 heteroatoms. The molecule has 2 rings (SSSR count). The van der Waals surface area contributed by atoms with Gasteiger partial charge in [0.2, 0.25) is 0 Å². The lowest BCUT2D eigenvalue weighted by molar-refractivity contribution is 0.319. The minimum Gasteiger partial charge on any atom is -0.504 e. The Balaban J connectivity index is 2.57. The van der Waals surface area contributed by atoms with Crippen LogP contribution in [-0.4, -0.2) is 23.1 Å². The highest BCUT2D eigenvalue weighted by atomic mass is 32.1. The summed E-state index contributed by atoms with van der Waals surface area (Å²) >= 11 is 1.46. The van der Waals surface area contributed by atoms with E-state index in [4.69, 9.17) is 4.74 Å². The summed E-state index contributed by atoms with van der Waals surface area (Å²) in [6, 6.07) is 7.01. The molecule has 0 saturated heterocycles. The van der Waals surface area contributed by atoms with Crippen LogP contribution in [0.15, 0.2) is 34.8 Å². The Hall–Kier alpha value is -2.01. The van der Waals surface area contributed by atoms with Crippen LogP contribution in [0.3, 0.4) is 0 Å². The summed E-state index contributed by atoms with van der Waals surface area (Å²) in [6.07, 6.45) is 0. The number of nitrogens with zero attached hydrogens (tertiary/aromatic N) is 1. The maximum absolute atomic E-state index is 10.1. The van der Waals surface area contributed by atoms with Crippen molar-refractivity contribution in [3.63, 3.8) is 0 Å². The SMILES string of the molecule is COc1cccc(/C(=N\O)c2sccc2C)c1O. The lowest BCUT2D eigenvalue weighted by Gasteiger charge is -2.09. The molecule has 94 valence electrons. The molecule has 0 amide bonds. The number of ether oxygens (including phenoxy) is 1. The van der Waals surface area contributed by atoms with E-state index in [-0.39, 0.29) is 5.75 Å². The molecule has 0 fully saturated rings. The molecule has 0 unspecified atom stereocenters. The number of oxime groups is 1. The lowest BCUT2D eigenvalue weighted by atomic mass is 10.1. The number of phenols is 1. The van der Waals surface area contributed by atoms with Gasteiger partial charge in [-0.25, -0.2) is 0 Å². The third-order valence-corrected chi connectivity index (χ3v) is 3.67. The van der Waals surface area contributed by atoms with Crippen LogP contribution >= 0.6 is 11.3 Å². The van der Waals surface area contributed by atoms with Gasteiger partial charge < -0.3 is 15.1 Å². The van der Waals surface area contributed by atoms with Crippen molar-refractivity contribution >= 4 is 17.0 Å². The van der Waals surface area contributed by atoms with E-state index in [9.17, 15) is 10.3 Å². The number of rotatable bonds is 3. The van der Waals surface area contributed by atoms with Crippen LogP contribution in [0.2, 0.25) is 0 Å². The van der Waals surface area contributed by atoms with E-state index in [0.717, 1.165) is 10.4 Å². The predicted molar refractivity (Wildman–Crippen MR) is 71.1 cm³/mol. The van der Waals surface area contributed by atoms with Gasteiger partial charge in [-0.2, -0.15) is 0 Å². The summed E-state index contributed by atoms with van der Waals surface area (Å²) in [5.41, 5.74) is 1.79. The van der Waals surface area contributed by atoms with Gasteiger partial charge in [0.25, 0.3) is 0 Å². The van der Waals surface area contributed by atoms with Gasteiger partial charge in [0.1, 0.15) is 5.71 Å². The van der Waals surface area contributed by atoms with Gasteiger partial charge in [-0.15, -0.1) is 11.3 Å². The van der Waals surface area contributed by atoms with Gasteiger partial charge in [-0.05, 0) is 36.1 Å². The number of aromatic hydroxyl groups is 1. The number of aryl methyl sites for hydroxylation is 1. The van der Waals surface area contributed by atoms with Gasteiger partial charge >= 0.3 is 0 Å². The van der Waals surface area contributed by atoms with E-state index < -0.39 is 0 Å². The number of hydrogen-bond acceptors (Lipinski definition) is 5. The van der Waals surface area contributed by atoms with E-state index in [1.54, 1.807) is 18.2 Å². The number of methoxy groups -OCH3 is 1. The lowest BCUT2D eigenvalue weighted by Crippen LogP contribution is -2.03. The zero-order valence-electron chi connectivity index (χ0n) is 10.0. The van der Waals surface area contributed by atoms with Gasteiger partial charge in [0, 0.05) is 0 Å². The second-order valence-electron chi connectivity index (χ2n) is 3.74. The van der Waals surface area contributed by atoms with Crippen molar-refractivity contribution in [3.05, 3.63) is 45.6 Å². The van der Waals surface area contributed by atoms with E-state index in [1.165, 1.54) is 18.4 Å². The standard InChI is InChI=1S/C13H13NO3S/c1-8-6-7-18-13(8)11(14-16)9-4-3-5-10(17-2)12(9)15/h3-7,15-16H,1-2H3/b14-11+. The van der Waals surface area contributed by atoms with E-state index in [2.05, 4.69) is 5.16 Å². The summed E-state index contributed by atoms with van der Waals surface area (Å²) in [5.74, 6) is 0.323. The van der Waals surface area contributed by atoms with Crippen LogP contribution in [0.5, 0.6) is 11.5 Å². The van der Waals surface area contributed by atoms with Crippen LogP contribution in [-0.2, 0) is 0 Å². The highest BCUT2D eigenvalue weighted by molar-refractivity contribution is 7.12. The monoisotopic (exact) mass is 263 g/mol. The molecule has 1 heterocycles. The number of para-hydroxylation sites is 1. The maximum atomic E-state index is 10.1. The average Bonchev–Trinajstić information content (AvgIpc) is 2.79. The van der Waals surface area contributed by atoms with Gasteiger partial charge in [0.15, 0.2) is 11.5 Å². The van der Waals surface area contributed by atoms with E-state index in [1.807, 2.05) is 18.4 Å². The first-order valence-corrected chi connectivity index (χ1v) is 6.20. The Labute approximate surface area is 109 Å². The van der Waals surface area contributed by atoms with Crippen LogP contribution in [0.1, 0.15) is 16.0 Å². The third-order valence-electron chi connectivity index (χ3n) is 2.65. The molecule has 18 heavy (non-hydrogen) atoms. The normalized spacial score (nSPS) is 11.6. The summed E-state index contributed by atoms with van der Waals surface area (Å²) in [4.78, 5) is 0.820. The fourth-order valence-corrected chi connectivity index (χ4v) is 2.64. The predicted octanol–water partition coefficient (Wildman–Crippen LogP) is 3.00. The topological polar surface area (TPSA) is 62.0 Å². The molecular weight excluding hydrogens is 250 g/mol. The molecule has 0 atom stereocenters. The summed E-state index contributed by atoms with van der Waals surface area (Å²) in [7, 11) is 1.48. The molecule has 0 aliphatic heterocycles. The second kappa shape index (κ2) is 5.10. The molecular formula is C13H13NO3S. The van der Waals surface area contributed by atoms with Crippen molar-refractivity contribution in [3.8, 4) is 11.5 Å². The Bertz CT molecular complexity index is 590. The zero-order chi connectivity index (χ0) is 13.1. The molecule has 1 aromatic heterocycles. The second-order valence-corrected chi connectivity index (χ2v) is 4.65. The first-order valence-electron chi connectivity index (χ1n) is 5.32. The fourth-order valence-electron chi connectivity index (χ4n) is 1.72. The molecule has 0 radical (unpaired) electrons. The van der Waals surface area contributed by atoms with Crippen LogP contribution < -0.4 is 4.74 Å². The first kappa shape index (κ1) is 12.4. The van der Waals surface area contributed by atoms with E-state index in [0.29, 0.717) is 17.0 Å². The van der Waals surface area contributed by atoms with Crippen LogP contribution in [0, 0.1) is 6.92 Å². The smallest absolute Gasteiger partial charge is 0.167 e. The number of hydrogen-bond donors (Lipinski definition) is 2. The average molecular weight is 263 g/mol. The zero-order valence-corrected chi connectivity index (χ0v) is 10.9. The molecule has 1 aromatic carbocycles. The van der Waals surface area contributed by atoms with Gasteiger partial charge in [-0.3, -0.25) is 0 Å². The molecule has 0 saturated carbocycles. The van der Waals surface area contributed by atoms with Gasteiger partial charge in [-0.1, -0.05) is 11.2 Å². The third kappa shape index (κ3) is 2.04. The van der Waals surface area contributed by atoms with E-state index >= 15 is 0 Å². The number of benzene rings is 1. The molecule has 0 bridgehead atoms. The van der Waals surface area contributed by atoms with Crippen molar-refractivity contribution in [1.82, 2.24) is 0 Å². The highest BCUT2D eigenvalue weighted by Crippen LogP contribution is 2.32. The molecule has 0 spiro atoms. The molecule has 0 aliphatic rings. The van der Waals surface area contributed by atoms with Crippen molar-refractivity contribution in [2.75, 3.05) is 7.11 Å². The largest absolute Gasteiger partial charge is 0.504 e. The highest BCUT2D eigenvalue weighted by Gasteiger charge is 2.17. The Kier molecular flexibility index (Phi) is 3.53. The van der Waals surface area contributed by atoms with Crippen molar-refractivity contribution in [1.29, 1.82) is 0 Å². The fraction of sp³-hybridized carbons (Fsp3) is 0.154. The number of phenolic OH excluding ortho intramolecular Hbond substituents is 1. The van der Waals surface area contributed by atoms with Crippen LogP contribution in [0.25, 0.3) is 0 Å². The molecule has 4 nitrogen and oxygen atoms in total. The minimum absolute atomic E-state index is 0.0272. The quantitative estimate of drug-likeness (QED) is 0.508. The Morgan fingerprint density at radius 2 is 2.11 bits per heavy atom. The molecule has 0 aliphatic carbocycles. The van der Waals surface area contributed by atoms with Gasteiger partial charge in [0.05, 0.1) is 17.6 Å². The van der Waals surface area contributed by atoms with Crippen molar-refractivity contribution in [2.45, 2.75) is 6.92 Å². The molecule has 2 N–H and O–H groups in total. The maximum Gasteiger partial charge on any atom is 0.167 e.